The second kappa shape index (κ2) is 4.58. The van der Waals surface area contributed by atoms with E-state index in [9.17, 15) is 0 Å². The van der Waals surface area contributed by atoms with E-state index in [0.29, 0.717) is 11.8 Å². The smallest absolute Gasteiger partial charge is 0.0719 e. The summed E-state index contributed by atoms with van der Waals surface area (Å²) in [5.41, 5.74) is 6.07. The molecule has 0 radical (unpaired) electrons. The largest absolute Gasteiger partial charge is 0.376 e. The summed E-state index contributed by atoms with van der Waals surface area (Å²) in [5.74, 6) is 1.23. The van der Waals surface area contributed by atoms with E-state index in [1.807, 2.05) is 0 Å². The molecule has 1 aliphatic heterocycles. The van der Waals surface area contributed by atoms with Gasteiger partial charge < -0.3 is 4.74 Å². The van der Waals surface area contributed by atoms with Crippen molar-refractivity contribution < 1.29 is 4.74 Å². The van der Waals surface area contributed by atoms with Crippen LogP contribution in [0.1, 0.15) is 61.8 Å². The number of benzene rings is 1. The molecular weight excluding hydrogens is 196 g/mol. The Morgan fingerprint density at radius 3 is 2.44 bits per heavy atom. The predicted molar refractivity (Wildman–Crippen MR) is 68.0 cm³/mol. The SMILES string of the molecule is CC(C)c1ccc2c(c1C(C)C)CCOC2. The molecular formula is C15H22O. The first kappa shape index (κ1) is 11.7. The lowest BCUT2D eigenvalue weighted by Gasteiger charge is -2.26. The van der Waals surface area contributed by atoms with E-state index < -0.39 is 0 Å². The van der Waals surface area contributed by atoms with Crippen LogP contribution in [0.2, 0.25) is 0 Å². The summed E-state index contributed by atoms with van der Waals surface area (Å²) in [4.78, 5) is 0. The van der Waals surface area contributed by atoms with Crippen LogP contribution >= 0.6 is 0 Å². The highest BCUT2D eigenvalue weighted by Crippen LogP contribution is 2.33. The molecule has 1 nitrogen and oxygen atoms in total. The van der Waals surface area contributed by atoms with Gasteiger partial charge in [-0.25, -0.2) is 0 Å². The first-order chi connectivity index (χ1) is 7.61. The summed E-state index contributed by atoms with van der Waals surface area (Å²) in [7, 11) is 0. The van der Waals surface area contributed by atoms with Crippen LogP contribution in [0.3, 0.4) is 0 Å². The number of rotatable bonds is 2. The molecule has 0 aromatic heterocycles. The van der Waals surface area contributed by atoms with Crippen LogP contribution < -0.4 is 0 Å². The molecule has 0 saturated carbocycles. The van der Waals surface area contributed by atoms with Gasteiger partial charge in [-0.05, 0) is 40.5 Å². The maximum Gasteiger partial charge on any atom is 0.0719 e. The van der Waals surface area contributed by atoms with Crippen LogP contribution in [-0.2, 0) is 17.8 Å². The van der Waals surface area contributed by atoms with Crippen LogP contribution in [0.15, 0.2) is 12.1 Å². The van der Waals surface area contributed by atoms with E-state index >= 15 is 0 Å². The average Bonchev–Trinajstić information content (AvgIpc) is 2.27. The molecule has 1 heteroatoms. The zero-order chi connectivity index (χ0) is 11.7. The zero-order valence-electron chi connectivity index (χ0n) is 10.8. The molecule has 0 fully saturated rings. The Balaban J connectivity index is 2.57. The molecule has 0 spiro atoms. The van der Waals surface area contributed by atoms with Crippen molar-refractivity contribution in [3.63, 3.8) is 0 Å². The first-order valence-corrected chi connectivity index (χ1v) is 6.33. The minimum absolute atomic E-state index is 0.616. The van der Waals surface area contributed by atoms with Crippen molar-refractivity contribution in [1.82, 2.24) is 0 Å². The highest BCUT2D eigenvalue weighted by atomic mass is 16.5. The van der Waals surface area contributed by atoms with Gasteiger partial charge in [-0.15, -0.1) is 0 Å². The van der Waals surface area contributed by atoms with Gasteiger partial charge in [0.2, 0.25) is 0 Å². The summed E-state index contributed by atoms with van der Waals surface area (Å²) < 4.78 is 5.53. The van der Waals surface area contributed by atoms with Crippen LogP contribution in [0.4, 0.5) is 0 Å². The normalized spacial score (nSPS) is 15.6. The van der Waals surface area contributed by atoms with Crippen LogP contribution in [0, 0.1) is 0 Å². The van der Waals surface area contributed by atoms with Crippen LogP contribution in [0.25, 0.3) is 0 Å². The summed E-state index contributed by atoms with van der Waals surface area (Å²) in [6.45, 7) is 10.9. The molecule has 0 aliphatic carbocycles. The topological polar surface area (TPSA) is 9.23 Å². The second-order valence-corrected chi connectivity index (χ2v) is 5.32. The van der Waals surface area contributed by atoms with Crippen molar-refractivity contribution in [3.8, 4) is 0 Å². The molecule has 1 aliphatic rings. The van der Waals surface area contributed by atoms with Gasteiger partial charge in [0.1, 0.15) is 0 Å². The molecule has 88 valence electrons. The lowest BCUT2D eigenvalue weighted by Crippen LogP contribution is -2.15. The minimum atomic E-state index is 0.616. The van der Waals surface area contributed by atoms with Crippen molar-refractivity contribution in [2.24, 2.45) is 0 Å². The van der Waals surface area contributed by atoms with Gasteiger partial charge in [-0.1, -0.05) is 39.8 Å². The highest BCUT2D eigenvalue weighted by molar-refractivity contribution is 5.45. The third-order valence-electron chi connectivity index (χ3n) is 3.44. The second-order valence-electron chi connectivity index (χ2n) is 5.32. The van der Waals surface area contributed by atoms with E-state index in [4.69, 9.17) is 4.74 Å². The Labute approximate surface area is 98.8 Å². The van der Waals surface area contributed by atoms with Gasteiger partial charge in [0.15, 0.2) is 0 Å². The van der Waals surface area contributed by atoms with E-state index in [1.54, 1.807) is 11.1 Å². The fourth-order valence-electron chi connectivity index (χ4n) is 2.70. The van der Waals surface area contributed by atoms with Gasteiger partial charge in [0, 0.05) is 0 Å². The number of hydrogen-bond donors (Lipinski definition) is 0. The molecule has 1 aromatic carbocycles. The van der Waals surface area contributed by atoms with Gasteiger partial charge >= 0.3 is 0 Å². The zero-order valence-corrected chi connectivity index (χ0v) is 10.8. The molecule has 0 atom stereocenters. The molecule has 0 saturated heterocycles. The Bertz CT molecular complexity index is 377. The summed E-state index contributed by atoms with van der Waals surface area (Å²) in [6.07, 6.45) is 1.09. The minimum Gasteiger partial charge on any atom is -0.376 e. The van der Waals surface area contributed by atoms with Gasteiger partial charge in [-0.2, -0.15) is 0 Å². The summed E-state index contributed by atoms with van der Waals surface area (Å²) >= 11 is 0. The van der Waals surface area contributed by atoms with E-state index in [1.165, 1.54) is 11.1 Å². The van der Waals surface area contributed by atoms with E-state index in [-0.39, 0.29) is 0 Å². The van der Waals surface area contributed by atoms with Gasteiger partial charge in [-0.3, -0.25) is 0 Å². The molecule has 0 unspecified atom stereocenters. The third-order valence-corrected chi connectivity index (χ3v) is 3.44. The van der Waals surface area contributed by atoms with Gasteiger partial charge in [0.25, 0.3) is 0 Å². The molecule has 0 bridgehead atoms. The molecule has 1 aromatic rings. The lowest BCUT2D eigenvalue weighted by atomic mass is 9.83. The number of hydrogen-bond acceptors (Lipinski definition) is 1. The Morgan fingerprint density at radius 2 is 1.81 bits per heavy atom. The first-order valence-electron chi connectivity index (χ1n) is 6.33. The van der Waals surface area contributed by atoms with Gasteiger partial charge in [0.05, 0.1) is 13.2 Å². The Kier molecular flexibility index (Phi) is 3.34. The molecule has 0 amide bonds. The fraction of sp³-hybridized carbons (Fsp3) is 0.600. The standard InChI is InChI=1S/C15H22O/c1-10(2)13-6-5-12-9-16-8-7-14(12)15(13)11(3)4/h5-6,10-11H,7-9H2,1-4H3. The van der Waals surface area contributed by atoms with Crippen LogP contribution in [0.5, 0.6) is 0 Å². The summed E-state index contributed by atoms with van der Waals surface area (Å²) in [5, 5.41) is 0. The van der Waals surface area contributed by atoms with Crippen molar-refractivity contribution >= 4 is 0 Å². The molecule has 16 heavy (non-hydrogen) atoms. The molecule has 0 N–H and O–H groups in total. The monoisotopic (exact) mass is 218 g/mol. The lowest BCUT2D eigenvalue weighted by molar-refractivity contribution is 0.110. The molecule has 2 rings (SSSR count). The summed E-state index contributed by atoms with van der Waals surface area (Å²) in [6, 6.07) is 4.56. The van der Waals surface area contributed by atoms with Crippen molar-refractivity contribution in [2.45, 2.75) is 52.6 Å². The highest BCUT2D eigenvalue weighted by Gasteiger charge is 2.19. The van der Waals surface area contributed by atoms with Crippen LogP contribution in [-0.4, -0.2) is 6.61 Å². The van der Waals surface area contributed by atoms with E-state index in [2.05, 4.69) is 39.8 Å². The number of fused-ring (bicyclic) bond motifs is 1. The average molecular weight is 218 g/mol. The van der Waals surface area contributed by atoms with Crippen molar-refractivity contribution in [2.75, 3.05) is 6.61 Å². The van der Waals surface area contributed by atoms with Crippen molar-refractivity contribution in [3.05, 3.63) is 34.4 Å². The van der Waals surface area contributed by atoms with E-state index in [0.717, 1.165) is 19.6 Å². The quantitative estimate of drug-likeness (QED) is 0.729. The molecule has 1 heterocycles. The maximum absolute atomic E-state index is 5.53. The predicted octanol–water partition coefficient (Wildman–Crippen LogP) is 4.01. The Morgan fingerprint density at radius 1 is 1.06 bits per heavy atom. The number of ether oxygens (including phenoxy) is 1. The Hall–Kier alpha value is -0.820. The van der Waals surface area contributed by atoms with Crippen molar-refractivity contribution in [1.29, 1.82) is 0 Å². The maximum atomic E-state index is 5.53. The fourth-order valence-corrected chi connectivity index (χ4v) is 2.70. The third kappa shape index (κ3) is 2.01.